The predicted octanol–water partition coefficient (Wildman–Crippen LogP) is 4.63. The zero-order chi connectivity index (χ0) is 14.4. The molecule has 106 valence electrons. The van der Waals surface area contributed by atoms with Crippen LogP contribution < -0.4 is 5.73 Å². The van der Waals surface area contributed by atoms with E-state index in [9.17, 15) is 19.4 Å². The van der Waals surface area contributed by atoms with Crippen LogP contribution >= 0.6 is 10.2 Å². The van der Waals surface area contributed by atoms with Crippen LogP contribution in [0.25, 0.3) is 0 Å². The second-order valence-corrected chi connectivity index (χ2v) is 7.01. The molecule has 0 aliphatic heterocycles. The molecule has 2 rings (SSSR count). The summed E-state index contributed by atoms with van der Waals surface area (Å²) >= 11 is 0. The van der Waals surface area contributed by atoms with E-state index in [0.717, 1.165) is 24.3 Å². The molecule has 0 fully saturated rings. The molecule has 0 aromatic heterocycles. The first kappa shape index (κ1) is 14.1. The van der Waals surface area contributed by atoms with Crippen LogP contribution in [-0.4, -0.2) is 6.04 Å². The minimum atomic E-state index is -9.90. The Balaban J connectivity index is 2.82. The van der Waals surface area contributed by atoms with Gasteiger partial charge in [0, 0.05) is 0 Å². The third-order valence-corrected chi connectivity index (χ3v) is 5.05. The maximum Gasteiger partial charge on any atom is 0.299 e. The van der Waals surface area contributed by atoms with Gasteiger partial charge < -0.3 is 5.73 Å². The van der Waals surface area contributed by atoms with Crippen molar-refractivity contribution < 1.29 is 19.4 Å². The molecule has 0 spiro atoms. The molecule has 7 heteroatoms. The Morgan fingerprint density at radius 3 is 2.00 bits per heavy atom. The molecule has 1 aliphatic rings. The molecule has 0 saturated heterocycles. The van der Waals surface area contributed by atoms with Gasteiger partial charge >= 0.3 is 0 Å². The van der Waals surface area contributed by atoms with Crippen molar-refractivity contribution in [3.8, 4) is 0 Å². The maximum absolute atomic E-state index is 13.5. The normalized spacial score (nSPS) is 30.7. The molecular weight excluding hydrogens is 285 g/mol. The Morgan fingerprint density at radius 1 is 0.947 bits per heavy atom. The number of hydrogen-bond donors (Lipinski definition) is 1. The number of allylic oxidation sites excluding steroid dienone is 2. The van der Waals surface area contributed by atoms with Crippen LogP contribution in [-0.2, 0) is 4.75 Å². The minimum absolute atomic E-state index is 0.453. The van der Waals surface area contributed by atoms with Crippen LogP contribution in [0.3, 0.4) is 0 Å². The van der Waals surface area contributed by atoms with Gasteiger partial charge in [-0.05, 0) is 5.56 Å². The van der Waals surface area contributed by atoms with Crippen molar-refractivity contribution in [1.29, 1.82) is 0 Å². The molecule has 0 bridgehead atoms. The largest absolute Gasteiger partial charge is 0.322 e. The Morgan fingerprint density at radius 2 is 1.53 bits per heavy atom. The third kappa shape index (κ3) is 2.06. The van der Waals surface area contributed by atoms with E-state index >= 15 is 0 Å². The van der Waals surface area contributed by atoms with Crippen LogP contribution in [0.15, 0.2) is 54.6 Å². The molecule has 1 aromatic rings. The van der Waals surface area contributed by atoms with E-state index in [4.69, 9.17) is 5.73 Å². The van der Waals surface area contributed by atoms with Crippen LogP contribution in [0.5, 0.6) is 0 Å². The van der Waals surface area contributed by atoms with Crippen molar-refractivity contribution in [3.63, 3.8) is 0 Å². The van der Waals surface area contributed by atoms with Gasteiger partial charge in [0.05, 0.1) is 6.04 Å². The standard InChI is InChI=1S/C12H12F5NS/c13-19(14,15,16,17)12(9-5-4-8-11(12)18)10-6-2-1-3-7-10/h1-9,11H,18H2. The van der Waals surface area contributed by atoms with Crippen molar-refractivity contribution in [2.24, 2.45) is 5.73 Å². The molecule has 0 radical (unpaired) electrons. The Hall–Kier alpha value is -1.34. The summed E-state index contributed by atoms with van der Waals surface area (Å²) in [5, 5.41) is 0. The highest BCUT2D eigenvalue weighted by Gasteiger charge is 2.80. The average molecular weight is 297 g/mol. The van der Waals surface area contributed by atoms with Crippen LogP contribution in [0.4, 0.5) is 19.4 Å². The Bertz CT molecular complexity index is 548. The lowest BCUT2D eigenvalue weighted by Gasteiger charge is -2.57. The van der Waals surface area contributed by atoms with Crippen molar-refractivity contribution >= 4 is 10.2 Å². The quantitative estimate of drug-likeness (QED) is 0.791. The van der Waals surface area contributed by atoms with Gasteiger partial charge in [-0.1, -0.05) is 74.1 Å². The summed E-state index contributed by atoms with van der Waals surface area (Å²) in [6, 6.07) is 4.18. The minimum Gasteiger partial charge on any atom is -0.322 e. The highest BCUT2D eigenvalue weighted by Crippen LogP contribution is 3.06. The van der Waals surface area contributed by atoms with Gasteiger partial charge in [-0.2, -0.15) is 0 Å². The molecule has 0 heterocycles. The fourth-order valence-corrected chi connectivity index (χ4v) is 3.74. The van der Waals surface area contributed by atoms with Crippen molar-refractivity contribution in [2.45, 2.75) is 10.8 Å². The summed E-state index contributed by atoms with van der Waals surface area (Å²) in [5.74, 6) is 0. The van der Waals surface area contributed by atoms with Crippen LogP contribution in [0.1, 0.15) is 5.56 Å². The first-order valence-corrected chi connectivity index (χ1v) is 7.33. The van der Waals surface area contributed by atoms with Gasteiger partial charge in [-0.15, -0.1) is 0 Å². The lowest BCUT2D eigenvalue weighted by Crippen LogP contribution is -2.51. The van der Waals surface area contributed by atoms with Gasteiger partial charge in [-0.3, -0.25) is 0 Å². The van der Waals surface area contributed by atoms with E-state index in [0.29, 0.717) is 6.08 Å². The molecule has 1 nitrogen and oxygen atoms in total. The number of benzene rings is 1. The zero-order valence-electron chi connectivity index (χ0n) is 9.65. The molecule has 0 amide bonds. The lowest BCUT2D eigenvalue weighted by atomic mass is 9.87. The molecule has 1 aliphatic carbocycles. The van der Waals surface area contributed by atoms with E-state index < -0.39 is 26.6 Å². The third-order valence-electron chi connectivity index (χ3n) is 3.13. The topological polar surface area (TPSA) is 26.0 Å². The van der Waals surface area contributed by atoms with Gasteiger partial charge in [-0.25, -0.2) is 0 Å². The number of nitrogens with two attached hydrogens (primary N) is 1. The van der Waals surface area contributed by atoms with E-state index in [2.05, 4.69) is 0 Å². The maximum atomic E-state index is 13.5. The predicted molar refractivity (Wildman–Crippen MR) is 67.5 cm³/mol. The van der Waals surface area contributed by atoms with Gasteiger partial charge in [0.25, 0.3) is 10.2 Å². The first-order chi connectivity index (χ1) is 8.48. The second-order valence-electron chi connectivity index (χ2n) is 4.40. The van der Waals surface area contributed by atoms with E-state index in [-0.39, 0.29) is 0 Å². The number of halogens is 5. The molecule has 2 unspecified atom stereocenters. The smallest absolute Gasteiger partial charge is 0.299 e. The van der Waals surface area contributed by atoms with Crippen molar-refractivity contribution in [2.75, 3.05) is 0 Å². The highest BCUT2D eigenvalue weighted by atomic mass is 32.5. The Kier molecular flexibility index (Phi) is 2.52. The summed E-state index contributed by atoms with van der Waals surface area (Å²) in [5.41, 5.74) is 4.84. The fraction of sp³-hybridized carbons (Fsp3) is 0.167. The average Bonchev–Trinajstić information content (AvgIpc) is 2.27. The Labute approximate surface area is 107 Å². The van der Waals surface area contributed by atoms with Crippen molar-refractivity contribution in [3.05, 3.63) is 60.2 Å². The summed E-state index contributed by atoms with van der Waals surface area (Å²) in [4.78, 5) is 0. The molecule has 19 heavy (non-hydrogen) atoms. The van der Waals surface area contributed by atoms with Crippen LogP contribution in [0, 0.1) is 0 Å². The SMILES string of the molecule is NC1C=CC=CC1(c1ccccc1)S(F)(F)(F)(F)F. The monoisotopic (exact) mass is 297 g/mol. The molecule has 2 atom stereocenters. The lowest BCUT2D eigenvalue weighted by molar-refractivity contribution is 0.308. The molecule has 1 aromatic carbocycles. The second kappa shape index (κ2) is 3.40. The van der Waals surface area contributed by atoms with Gasteiger partial charge in [0.2, 0.25) is 0 Å². The van der Waals surface area contributed by atoms with Gasteiger partial charge in [0.1, 0.15) is 0 Å². The summed E-state index contributed by atoms with van der Waals surface area (Å²) in [6.45, 7) is 0. The van der Waals surface area contributed by atoms with Gasteiger partial charge in [0.15, 0.2) is 4.75 Å². The summed E-state index contributed by atoms with van der Waals surface area (Å²) in [7, 11) is -9.90. The van der Waals surface area contributed by atoms with Crippen molar-refractivity contribution in [1.82, 2.24) is 0 Å². The summed E-state index contributed by atoms with van der Waals surface area (Å²) < 4.78 is 64.2. The fourth-order valence-electron chi connectivity index (χ4n) is 2.23. The van der Waals surface area contributed by atoms with Crippen LogP contribution in [0.2, 0.25) is 0 Å². The molecule has 0 saturated carbocycles. The number of hydrogen-bond acceptors (Lipinski definition) is 1. The van der Waals surface area contributed by atoms with E-state index in [1.807, 2.05) is 0 Å². The van der Waals surface area contributed by atoms with E-state index in [1.165, 1.54) is 24.3 Å². The number of rotatable bonds is 2. The summed E-state index contributed by atoms with van der Waals surface area (Å²) in [6.07, 6.45) is 3.57. The molecular formula is C12H12F5NS. The zero-order valence-corrected chi connectivity index (χ0v) is 10.5. The highest BCUT2D eigenvalue weighted by molar-refractivity contribution is 8.46. The van der Waals surface area contributed by atoms with E-state index in [1.54, 1.807) is 0 Å². The first-order valence-electron chi connectivity index (χ1n) is 5.38. The molecule has 2 N–H and O–H groups in total.